The van der Waals surface area contributed by atoms with E-state index in [0.717, 1.165) is 0 Å². The van der Waals surface area contributed by atoms with Gasteiger partial charge in [0, 0.05) is 29.3 Å². The molecule has 172 valence electrons. The summed E-state index contributed by atoms with van der Waals surface area (Å²) in [6.07, 6.45) is 8.96. The van der Waals surface area contributed by atoms with Crippen LogP contribution in [0.3, 0.4) is 0 Å². The fourth-order valence-electron chi connectivity index (χ4n) is 4.28. The molecular formula is C27H20FN5O2. The Kier molecular flexibility index (Phi) is 5.38. The summed E-state index contributed by atoms with van der Waals surface area (Å²) in [5.74, 6) is 1.76. The van der Waals surface area contributed by atoms with Gasteiger partial charge in [-0.2, -0.15) is 5.10 Å². The third-order valence-corrected chi connectivity index (χ3v) is 5.90. The maximum Gasteiger partial charge on any atom is 0.264 e. The number of nitrogens with zero attached hydrogens (tertiary/aromatic N) is 4. The smallest absolute Gasteiger partial charge is 0.264 e. The number of benzene rings is 2. The number of hydrogen-bond donors (Lipinski definition) is 1. The van der Waals surface area contributed by atoms with Gasteiger partial charge in [0.05, 0.1) is 17.1 Å². The standard InChI is InChI=1S/C27H20FN5O2/c1-4-18-7-5-8-19-15-22(33(27(35)24(18)19)21-11-9-20(28)10-12-21)16(2)30-26(34)23-17(3)31-32-14-6-13-29-25(23)32/h1,5-16H,2-3H3,(H,30,34)/t16-/m0/s1. The van der Waals surface area contributed by atoms with Gasteiger partial charge in [-0.15, -0.1) is 6.42 Å². The van der Waals surface area contributed by atoms with Gasteiger partial charge in [-0.3, -0.25) is 14.2 Å². The first-order valence-corrected chi connectivity index (χ1v) is 10.9. The van der Waals surface area contributed by atoms with Crippen molar-refractivity contribution in [3.8, 4) is 18.0 Å². The Labute approximate surface area is 199 Å². The first-order chi connectivity index (χ1) is 16.9. The molecule has 3 aromatic heterocycles. The molecule has 0 saturated carbocycles. The van der Waals surface area contributed by atoms with E-state index < -0.39 is 11.9 Å². The molecule has 0 radical (unpaired) electrons. The largest absolute Gasteiger partial charge is 0.344 e. The van der Waals surface area contributed by atoms with Crippen LogP contribution in [0.4, 0.5) is 4.39 Å². The molecule has 5 aromatic rings. The Morgan fingerprint density at radius 3 is 2.69 bits per heavy atom. The highest BCUT2D eigenvalue weighted by molar-refractivity contribution is 6.01. The van der Waals surface area contributed by atoms with Gasteiger partial charge in [-0.05, 0) is 61.7 Å². The van der Waals surface area contributed by atoms with Gasteiger partial charge in [0.15, 0.2) is 5.65 Å². The molecule has 0 aliphatic rings. The lowest BCUT2D eigenvalue weighted by molar-refractivity contribution is 0.0939. The molecule has 7 nitrogen and oxygen atoms in total. The van der Waals surface area contributed by atoms with E-state index in [1.165, 1.54) is 28.8 Å². The summed E-state index contributed by atoms with van der Waals surface area (Å²) < 4.78 is 16.6. The molecule has 1 N–H and O–H groups in total. The van der Waals surface area contributed by atoms with Crippen LogP contribution in [-0.2, 0) is 0 Å². The van der Waals surface area contributed by atoms with Gasteiger partial charge in [-0.1, -0.05) is 18.1 Å². The Balaban J connectivity index is 1.66. The highest BCUT2D eigenvalue weighted by Gasteiger charge is 2.23. The number of carbonyl (C=O) groups excluding carboxylic acids is 1. The predicted octanol–water partition coefficient (Wildman–Crippen LogP) is 3.95. The molecule has 1 amide bonds. The average molecular weight is 465 g/mol. The van der Waals surface area contributed by atoms with Gasteiger partial charge < -0.3 is 5.32 Å². The zero-order chi connectivity index (χ0) is 24.7. The minimum Gasteiger partial charge on any atom is -0.344 e. The monoisotopic (exact) mass is 465 g/mol. The zero-order valence-electron chi connectivity index (χ0n) is 19.0. The number of terminal acetylenes is 1. The summed E-state index contributed by atoms with van der Waals surface area (Å²) in [7, 11) is 0. The van der Waals surface area contributed by atoms with Crippen LogP contribution in [-0.4, -0.2) is 25.1 Å². The Morgan fingerprint density at radius 1 is 1.17 bits per heavy atom. The summed E-state index contributed by atoms with van der Waals surface area (Å²) >= 11 is 0. The summed E-state index contributed by atoms with van der Waals surface area (Å²) in [4.78, 5) is 31.3. The summed E-state index contributed by atoms with van der Waals surface area (Å²) in [6, 6.07) is 13.8. The van der Waals surface area contributed by atoms with Crippen LogP contribution in [0.25, 0.3) is 22.1 Å². The van der Waals surface area contributed by atoms with Crippen LogP contribution in [0, 0.1) is 25.1 Å². The topological polar surface area (TPSA) is 81.3 Å². The molecule has 0 spiro atoms. The van der Waals surface area contributed by atoms with Gasteiger partial charge in [0.2, 0.25) is 0 Å². The van der Waals surface area contributed by atoms with Crippen molar-refractivity contribution in [3.05, 3.63) is 106 Å². The third kappa shape index (κ3) is 3.73. The number of amides is 1. The number of rotatable bonds is 4. The van der Waals surface area contributed by atoms with E-state index >= 15 is 0 Å². The number of halogens is 1. The van der Waals surface area contributed by atoms with Crippen molar-refractivity contribution in [2.45, 2.75) is 19.9 Å². The molecule has 5 rings (SSSR count). The highest BCUT2D eigenvalue weighted by Crippen LogP contribution is 2.24. The lowest BCUT2D eigenvalue weighted by Gasteiger charge is -2.21. The molecule has 2 aromatic carbocycles. The first-order valence-electron chi connectivity index (χ1n) is 10.9. The fraction of sp³-hybridized carbons (Fsp3) is 0.111. The van der Waals surface area contributed by atoms with Crippen molar-refractivity contribution in [2.24, 2.45) is 0 Å². The molecule has 0 unspecified atom stereocenters. The van der Waals surface area contributed by atoms with Crippen LogP contribution >= 0.6 is 0 Å². The fourth-order valence-corrected chi connectivity index (χ4v) is 4.28. The summed E-state index contributed by atoms with van der Waals surface area (Å²) in [5.41, 5.74) is 2.38. The minimum atomic E-state index is -0.600. The van der Waals surface area contributed by atoms with E-state index in [-0.39, 0.29) is 11.5 Å². The van der Waals surface area contributed by atoms with E-state index in [1.54, 1.807) is 55.0 Å². The van der Waals surface area contributed by atoms with Crippen molar-refractivity contribution < 1.29 is 9.18 Å². The lowest BCUT2D eigenvalue weighted by Crippen LogP contribution is -2.32. The lowest BCUT2D eigenvalue weighted by atomic mass is 10.0. The molecule has 8 heteroatoms. The first kappa shape index (κ1) is 22.0. The predicted molar refractivity (Wildman–Crippen MR) is 131 cm³/mol. The van der Waals surface area contributed by atoms with Crippen molar-refractivity contribution >= 4 is 22.3 Å². The number of pyridine rings is 1. The number of fused-ring (bicyclic) bond motifs is 2. The van der Waals surface area contributed by atoms with E-state index in [9.17, 15) is 14.0 Å². The van der Waals surface area contributed by atoms with Crippen LogP contribution in [0.1, 0.15) is 40.3 Å². The highest BCUT2D eigenvalue weighted by atomic mass is 19.1. The number of hydrogen-bond acceptors (Lipinski definition) is 4. The van der Waals surface area contributed by atoms with Crippen LogP contribution in [0.15, 0.2) is 71.8 Å². The second-order valence-electron chi connectivity index (χ2n) is 8.14. The number of nitrogens with one attached hydrogen (secondary N) is 1. The second kappa shape index (κ2) is 8.54. The van der Waals surface area contributed by atoms with Crippen LogP contribution in [0.5, 0.6) is 0 Å². The van der Waals surface area contributed by atoms with Crippen LogP contribution in [0.2, 0.25) is 0 Å². The molecule has 0 fully saturated rings. The van der Waals surface area contributed by atoms with E-state index in [2.05, 4.69) is 21.3 Å². The Morgan fingerprint density at radius 2 is 1.94 bits per heavy atom. The average Bonchev–Trinajstić information content (AvgIpc) is 3.19. The second-order valence-corrected chi connectivity index (χ2v) is 8.14. The van der Waals surface area contributed by atoms with Gasteiger partial charge in [0.1, 0.15) is 11.4 Å². The maximum absolute atomic E-state index is 13.7. The SMILES string of the molecule is C#Cc1cccc2cc([C@H](C)NC(=O)c3c(C)nn4cccnc34)n(-c3ccc(F)cc3)c(=O)c12. The van der Waals surface area contributed by atoms with E-state index in [1.807, 2.05) is 6.07 Å². The molecule has 0 aliphatic heterocycles. The van der Waals surface area contributed by atoms with Crippen LogP contribution < -0.4 is 10.9 Å². The maximum atomic E-state index is 13.7. The van der Waals surface area contributed by atoms with Gasteiger partial charge in [-0.25, -0.2) is 13.9 Å². The van der Waals surface area contributed by atoms with Crippen molar-refractivity contribution in [2.75, 3.05) is 0 Å². The summed E-state index contributed by atoms with van der Waals surface area (Å²) in [6.45, 7) is 3.51. The number of aromatic nitrogens is 4. The third-order valence-electron chi connectivity index (χ3n) is 5.90. The minimum absolute atomic E-state index is 0.350. The van der Waals surface area contributed by atoms with Gasteiger partial charge >= 0.3 is 0 Å². The zero-order valence-corrected chi connectivity index (χ0v) is 19.0. The van der Waals surface area contributed by atoms with Crippen molar-refractivity contribution in [1.29, 1.82) is 0 Å². The normalized spacial score (nSPS) is 11.9. The molecule has 0 bridgehead atoms. The molecule has 1 atom stereocenters. The Bertz CT molecular complexity index is 1710. The quantitative estimate of drug-likeness (QED) is 0.408. The van der Waals surface area contributed by atoms with E-state index in [0.29, 0.717) is 44.6 Å². The molecule has 3 heterocycles. The number of carbonyl (C=O) groups is 1. The van der Waals surface area contributed by atoms with Crippen molar-refractivity contribution in [1.82, 2.24) is 24.5 Å². The molecule has 0 aliphatic carbocycles. The number of aryl methyl sites for hydroxylation is 1. The summed E-state index contributed by atoms with van der Waals surface area (Å²) in [5, 5.41) is 8.34. The Hall–Kier alpha value is -4.77. The molecule has 35 heavy (non-hydrogen) atoms. The molecular weight excluding hydrogens is 445 g/mol. The van der Waals surface area contributed by atoms with Gasteiger partial charge in [0.25, 0.3) is 11.5 Å². The van der Waals surface area contributed by atoms with Crippen molar-refractivity contribution in [3.63, 3.8) is 0 Å². The molecule has 0 saturated heterocycles. The van der Waals surface area contributed by atoms with E-state index in [4.69, 9.17) is 6.42 Å².